The van der Waals surface area contributed by atoms with E-state index in [-0.39, 0.29) is 30.4 Å². The SMILES string of the molecule is CC(=O)NCc1ccc(-c2csc(NC(=O)CCC(=O)c3ccc(C)c(C)c3)n2)cc1. The first-order chi connectivity index (χ1) is 14.8. The summed E-state index contributed by atoms with van der Waals surface area (Å²) >= 11 is 1.34. The van der Waals surface area contributed by atoms with Gasteiger partial charge in [0.1, 0.15) is 0 Å². The summed E-state index contributed by atoms with van der Waals surface area (Å²) in [5.74, 6) is -0.346. The van der Waals surface area contributed by atoms with Gasteiger partial charge in [0.2, 0.25) is 11.8 Å². The van der Waals surface area contributed by atoms with E-state index in [4.69, 9.17) is 0 Å². The number of anilines is 1. The van der Waals surface area contributed by atoms with E-state index in [2.05, 4.69) is 15.6 Å². The Kier molecular flexibility index (Phi) is 7.31. The topological polar surface area (TPSA) is 88.2 Å². The van der Waals surface area contributed by atoms with Gasteiger partial charge >= 0.3 is 0 Å². The molecule has 0 aliphatic carbocycles. The molecule has 0 saturated heterocycles. The number of benzene rings is 2. The molecule has 2 aromatic carbocycles. The van der Waals surface area contributed by atoms with Crippen LogP contribution in [0, 0.1) is 13.8 Å². The number of Topliss-reactive ketones (excluding diaryl/α,β-unsaturated/α-hetero) is 1. The molecule has 1 aromatic heterocycles. The highest BCUT2D eigenvalue weighted by Gasteiger charge is 2.12. The zero-order valence-corrected chi connectivity index (χ0v) is 18.6. The Morgan fingerprint density at radius 2 is 1.71 bits per heavy atom. The van der Waals surface area contributed by atoms with Gasteiger partial charge in [-0.15, -0.1) is 11.3 Å². The summed E-state index contributed by atoms with van der Waals surface area (Å²) in [6.45, 7) is 5.93. The van der Waals surface area contributed by atoms with Gasteiger partial charge in [-0.25, -0.2) is 4.98 Å². The predicted octanol–water partition coefficient (Wildman–Crippen LogP) is 4.66. The number of thiazole rings is 1. The van der Waals surface area contributed by atoms with Gasteiger partial charge in [0.25, 0.3) is 0 Å². The van der Waals surface area contributed by atoms with Crippen LogP contribution >= 0.6 is 11.3 Å². The average Bonchev–Trinajstić information content (AvgIpc) is 3.21. The van der Waals surface area contributed by atoms with Crippen molar-refractivity contribution in [2.24, 2.45) is 0 Å². The molecule has 2 amide bonds. The third-order valence-corrected chi connectivity index (χ3v) is 5.71. The maximum atomic E-state index is 12.3. The summed E-state index contributed by atoms with van der Waals surface area (Å²) < 4.78 is 0. The van der Waals surface area contributed by atoms with Crippen molar-refractivity contribution in [2.45, 2.75) is 40.2 Å². The molecule has 0 fully saturated rings. The van der Waals surface area contributed by atoms with Gasteiger partial charge in [0.15, 0.2) is 10.9 Å². The Morgan fingerprint density at radius 1 is 0.968 bits per heavy atom. The number of aryl methyl sites for hydroxylation is 2. The van der Waals surface area contributed by atoms with E-state index < -0.39 is 0 Å². The van der Waals surface area contributed by atoms with Crippen LogP contribution in [0.25, 0.3) is 11.3 Å². The molecule has 7 heteroatoms. The lowest BCUT2D eigenvalue weighted by atomic mass is 10.0. The Bertz CT molecular complexity index is 1100. The second-order valence-electron chi connectivity index (χ2n) is 7.41. The summed E-state index contributed by atoms with van der Waals surface area (Å²) in [5.41, 5.74) is 5.52. The lowest BCUT2D eigenvalue weighted by molar-refractivity contribution is -0.119. The highest BCUT2D eigenvalue weighted by molar-refractivity contribution is 7.14. The molecule has 6 nitrogen and oxygen atoms in total. The van der Waals surface area contributed by atoms with E-state index in [1.807, 2.05) is 55.6 Å². The number of carbonyl (C=O) groups excluding carboxylic acids is 3. The maximum Gasteiger partial charge on any atom is 0.226 e. The molecule has 2 N–H and O–H groups in total. The highest BCUT2D eigenvalue weighted by Crippen LogP contribution is 2.25. The Labute approximate surface area is 185 Å². The van der Waals surface area contributed by atoms with Crippen molar-refractivity contribution < 1.29 is 14.4 Å². The fourth-order valence-corrected chi connectivity index (χ4v) is 3.69. The third kappa shape index (κ3) is 6.33. The van der Waals surface area contributed by atoms with Crippen LogP contribution in [0.5, 0.6) is 0 Å². The molecule has 0 atom stereocenters. The Morgan fingerprint density at radius 3 is 2.39 bits per heavy atom. The van der Waals surface area contributed by atoms with Crippen LogP contribution < -0.4 is 10.6 Å². The molecule has 1 heterocycles. The van der Waals surface area contributed by atoms with E-state index >= 15 is 0 Å². The summed E-state index contributed by atoms with van der Waals surface area (Å²) in [6.07, 6.45) is 0.265. The van der Waals surface area contributed by atoms with Crippen LogP contribution in [0.2, 0.25) is 0 Å². The fraction of sp³-hybridized carbons (Fsp3) is 0.250. The van der Waals surface area contributed by atoms with E-state index in [0.29, 0.717) is 17.2 Å². The molecule has 0 radical (unpaired) electrons. The van der Waals surface area contributed by atoms with E-state index in [0.717, 1.165) is 27.9 Å². The molecular weight excluding hydrogens is 410 g/mol. The zero-order valence-electron chi connectivity index (χ0n) is 17.8. The number of amides is 2. The molecule has 0 aliphatic rings. The predicted molar refractivity (Wildman–Crippen MR) is 123 cm³/mol. The van der Waals surface area contributed by atoms with Crippen LogP contribution in [-0.2, 0) is 16.1 Å². The number of carbonyl (C=O) groups is 3. The van der Waals surface area contributed by atoms with Gasteiger partial charge in [-0.2, -0.15) is 0 Å². The number of rotatable bonds is 8. The van der Waals surface area contributed by atoms with Gasteiger partial charge in [-0.05, 0) is 36.6 Å². The number of aromatic nitrogens is 1. The van der Waals surface area contributed by atoms with Gasteiger partial charge in [-0.1, -0.05) is 36.4 Å². The van der Waals surface area contributed by atoms with Crippen LogP contribution in [0.3, 0.4) is 0 Å². The minimum absolute atomic E-state index is 0.0440. The molecule has 0 unspecified atom stereocenters. The summed E-state index contributed by atoms with van der Waals surface area (Å²) in [5, 5.41) is 7.91. The first kappa shape index (κ1) is 22.4. The van der Waals surface area contributed by atoms with Gasteiger partial charge in [0, 0.05) is 42.8 Å². The molecule has 0 aliphatic heterocycles. The molecule has 3 rings (SSSR count). The number of ketones is 1. The molecule has 0 bridgehead atoms. The van der Waals surface area contributed by atoms with E-state index in [9.17, 15) is 14.4 Å². The second kappa shape index (κ2) is 10.1. The van der Waals surface area contributed by atoms with Crippen molar-refractivity contribution in [3.63, 3.8) is 0 Å². The molecule has 160 valence electrons. The first-order valence-electron chi connectivity index (χ1n) is 10.0. The minimum atomic E-state index is -0.233. The van der Waals surface area contributed by atoms with Gasteiger partial charge in [-0.3, -0.25) is 14.4 Å². The minimum Gasteiger partial charge on any atom is -0.352 e. The lowest BCUT2D eigenvalue weighted by Crippen LogP contribution is -2.18. The molecular formula is C24H25N3O3S. The quantitative estimate of drug-likeness (QED) is 0.504. The van der Waals surface area contributed by atoms with Crippen molar-refractivity contribution in [1.82, 2.24) is 10.3 Å². The Balaban J connectivity index is 1.53. The number of nitrogens with one attached hydrogen (secondary N) is 2. The van der Waals surface area contributed by atoms with Crippen molar-refractivity contribution in [2.75, 3.05) is 5.32 Å². The third-order valence-electron chi connectivity index (χ3n) is 4.95. The summed E-state index contributed by atoms with van der Waals surface area (Å²) in [6, 6.07) is 13.3. The number of nitrogens with zero attached hydrogens (tertiary/aromatic N) is 1. The van der Waals surface area contributed by atoms with E-state index in [1.54, 1.807) is 6.07 Å². The molecule has 3 aromatic rings. The Hall–Kier alpha value is -3.32. The monoisotopic (exact) mass is 435 g/mol. The number of hydrogen-bond acceptors (Lipinski definition) is 5. The van der Waals surface area contributed by atoms with Crippen LogP contribution in [0.4, 0.5) is 5.13 Å². The van der Waals surface area contributed by atoms with Crippen molar-refractivity contribution >= 4 is 34.1 Å². The average molecular weight is 436 g/mol. The normalized spacial score (nSPS) is 10.5. The zero-order chi connectivity index (χ0) is 22.4. The first-order valence-corrected chi connectivity index (χ1v) is 10.9. The van der Waals surface area contributed by atoms with Crippen LogP contribution in [0.15, 0.2) is 47.8 Å². The fourth-order valence-electron chi connectivity index (χ4n) is 2.95. The largest absolute Gasteiger partial charge is 0.352 e. The molecule has 0 saturated carbocycles. The summed E-state index contributed by atoms with van der Waals surface area (Å²) in [4.78, 5) is 40.1. The van der Waals surface area contributed by atoms with Crippen molar-refractivity contribution in [1.29, 1.82) is 0 Å². The van der Waals surface area contributed by atoms with E-state index in [1.165, 1.54) is 18.3 Å². The van der Waals surface area contributed by atoms with Crippen LogP contribution in [-0.4, -0.2) is 22.6 Å². The highest BCUT2D eigenvalue weighted by atomic mass is 32.1. The van der Waals surface area contributed by atoms with Gasteiger partial charge < -0.3 is 10.6 Å². The summed E-state index contributed by atoms with van der Waals surface area (Å²) in [7, 11) is 0. The van der Waals surface area contributed by atoms with Crippen molar-refractivity contribution in [3.8, 4) is 11.3 Å². The molecule has 31 heavy (non-hydrogen) atoms. The maximum absolute atomic E-state index is 12.3. The molecule has 0 spiro atoms. The van der Waals surface area contributed by atoms with Crippen LogP contribution in [0.1, 0.15) is 46.8 Å². The standard InChI is InChI=1S/C24H25N3O3S/c1-15-4-7-20(12-16(15)2)22(29)10-11-23(30)27-24-26-21(14-31-24)19-8-5-18(6-9-19)13-25-17(3)28/h4-9,12,14H,10-11,13H2,1-3H3,(H,25,28)(H,26,27,30). The number of hydrogen-bond donors (Lipinski definition) is 2. The van der Waals surface area contributed by atoms with Crippen molar-refractivity contribution in [3.05, 3.63) is 70.1 Å². The second-order valence-corrected chi connectivity index (χ2v) is 8.27. The van der Waals surface area contributed by atoms with Gasteiger partial charge in [0.05, 0.1) is 5.69 Å². The smallest absolute Gasteiger partial charge is 0.226 e. The lowest BCUT2D eigenvalue weighted by Gasteiger charge is -2.05.